The molecule has 0 spiro atoms. The normalized spacial score (nSPS) is 9.40. The molecule has 0 radical (unpaired) electrons. The van der Waals surface area contributed by atoms with Gasteiger partial charge in [0.2, 0.25) is 5.95 Å². The predicted molar refractivity (Wildman–Crippen MR) is 42.3 cm³/mol. The number of nitrogens with zero attached hydrogens (tertiary/aromatic N) is 1. The second-order valence-electron chi connectivity index (χ2n) is 1.65. The number of carbonyl (C=O) groups is 1. The first-order valence-corrected chi connectivity index (χ1v) is 3.58. The molecule has 1 aromatic heterocycles. The van der Waals surface area contributed by atoms with Crippen LogP contribution in [0.1, 0.15) is 10.4 Å². The smallest absolute Gasteiger partial charge is 0.213 e. The second-order valence-corrected chi connectivity index (χ2v) is 2.81. The third kappa shape index (κ3) is 1.50. The van der Waals surface area contributed by atoms with Crippen LogP contribution in [0.2, 0.25) is 0 Å². The van der Waals surface area contributed by atoms with Gasteiger partial charge in [-0.1, -0.05) is 0 Å². The quantitative estimate of drug-likeness (QED) is 0.431. The maximum atomic E-state index is 12.3. The predicted octanol–water partition coefficient (Wildman–Crippen LogP) is 1.64. The highest BCUT2D eigenvalue weighted by atomic mass is 127. The third-order valence-corrected chi connectivity index (χ3v) is 1.88. The highest BCUT2D eigenvalue weighted by Crippen LogP contribution is 2.08. The lowest BCUT2D eigenvalue weighted by Crippen LogP contribution is -1.90. The van der Waals surface area contributed by atoms with E-state index in [9.17, 15) is 9.18 Å². The zero-order chi connectivity index (χ0) is 7.56. The van der Waals surface area contributed by atoms with Crippen molar-refractivity contribution in [2.45, 2.75) is 0 Å². The number of pyridine rings is 1. The molecule has 0 atom stereocenters. The van der Waals surface area contributed by atoms with Crippen molar-refractivity contribution in [2.24, 2.45) is 0 Å². The topological polar surface area (TPSA) is 30.0 Å². The van der Waals surface area contributed by atoms with Crippen molar-refractivity contribution in [3.63, 3.8) is 0 Å². The number of carbonyl (C=O) groups excluding carboxylic acids is 1. The van der Waals surface area contributed by atoms with Crippen molar-refractivity contribution in [1.29, 1.82) is 0 Å². The Morgan fingerprint density at radius 1 is 1.70 bits per heavy atom. The van der Waals surface area contributed by atoms with Gasteiger partial charge in [-0.25, -0.2) is 4.98 Å². The van der Waals surface area contributed by atoms with Crippen LogP contribution in [0.4, 0.5) is 4.39 Å². The van der Waals surface area contributed by atoms with Gasteiger partial charge >= 0.3 is 0 Å². The zero-order valence-corrected chi connectivity index (χ0v) is 7.00. The molecule has 0 aliphatic carbocycles. The van der Waals surface area contributed by atoms with Crippen LogP contribution in [0, 0.1) is 9.52 Å². The van der Waals surface area contributed by atoms with E-state index in [1.54, 1.807) is 0 Å². The molecule has 0 bridgehead atoms. The van der Waals surface area contributed by atoms with E-state index in [1.807, 2.05) is 22.6 Å². The first kappa shape index (κ1) is 7.59. The summed E-state index contributed by atoms with van der Waals surface area (Å²) < 4.78 is 12.9. The lowest BCUT2D eigenvalue weighted by Gasteiger charge is -1.92. The summed E-state index contributed by atoms with van der Waals surface area (Å²) in [6.07, 6.45) is 1.92. The van der Waals surface area contributed by atoms with Gasteiger partial charge in [-0.3, -0.25) is 4.79 Å². The third-order valence-electron chi connectivity index (χ3n) is 0.979. The van der Waals surface area contributed by atoms with Crippen LogP contribution >= 0.6 is 22.6 Å². The summed E-state index contributed by atoms with van der Waals surface area (Å²) in [5, 5.41) is 0. The van der Waals surface area contributed by atoms with Gasteiger partial charge in [0, 0.05) is 21.4 Å². The summed E-state index contributed by atoms with van der Waals surface area (Å²) in [5.41, 5.74) is 0.341. The molecule has 0 aliphatic heterocycles. The maximum Gasteiger partial charge on any atom is 0.213 e. The standard InChI is InChI=1S/C6H3FINO/c7-6-1-4(3-10)5(8)2-9-6/h1-3H. The highest BCUT2D eigenvalue weighted by Gasteiger charge is 1.99. The number of aldehydes is 1. The van der Waals surface area contributed by atoms with E-state index >= 15 is 0 Å². The summed E-state index contributed by atoms with van der Waals surface area (Å²) in [6, 6.07) is 1.11. The second kappa shape index (κ2) is 3.05. The van der Waals surface area contributed by atoms with E-state index in [0.717, 1.165) is 6.07 Å². The molecular weight excluding hydrogens is 248 g/mol. The first-order chi connectivity index (χ1) is 4.74. The summed E-state index contributed by atoms with van der Waals surface area (Å²) in [4.78, 5) is 13.5. The van der Waals surface area contributed by atoms with Gasteiger partial charge in [-0.15, -0.1) is 0 Å². The fourth-order valence-electron chi connectivity index (χ4n) is 0.518. The van der Waals surface area contributed by atoms with E-state index in [4.69, 9.17) is 0 Å². The van der Waals surface area contributed by atoms with Crippen LogP contribution < -0.4 is 0 Å². The molecule has 0 amide bonds. The molecule has 1 heterocycles. The van der Waals surface area contributed by atoms with Gasteiger partial charge in [0.15, 0.2) is 6.29 Å². The summed E-state index contributed by atoms with van der Waals surface area (Å²) in [6.45, 7) is 0. The van der Waals surface area contributed by atoms with Crippen LogP contribution in [-0.2, 0) is 0 Å². The maximum absolute atomic E-state index is 12.3. The Morgan fingerprint density at radius 2 is 2.40 bits per heavy atom. The fraction of sp³-hybridized carbons (Fsp3) is 0. The Kier molecular flexibility index (Phi) is 2.31. The largest absolute Gasteiger partial charge is 0.298 e. The Labute approximate surface area is 70.6 Å². The molecule has 52 valence electrons. The molecule has 2 nitrogen and oxygen atoms in total. The van der Waals surface area contributed by atoms with E-state index in [-0.39, 0.29) is 0 Å². The monoisotopic (exact) mass is 251 g/mol. The average molecular weight is 251 g/mol. The molecule has 4 heteroatoms. The van der Waals surface area contributed by atoms with Crippen LogP contribution in [0.25, 0.3) is 0 Å². The summed E-state index contributed by atoms with van der Waals surface area (Å²) in [7, 11) is 0. The molecule has 0 saturated carbocycles. The van der Waals surface area contributed by atoms with Crippen LogP contribution in [0.5, 0.6) is 0 Å². The fourth-order valence-corrected chi connectivity index (χ4v) is 0.940. The molecule has 1 rings (SSSR count). The minimum absolute atomic E-state index is 0.341. The van der Waals surface area contributed by atoms with Crippen LogP contribution in [0.3, 0.4) is 0 Å². The molecule has 10 heavy (non-hydrogen) atoms. The van der Waals surface area contributed by atoms with Gasteiger partial charge in [0.05, 0.1) is 0 Å². The SMILES string of the molecule is O=Cc1cc(F)ncc1I. The van der Waals surface area contributed by atoms with Crippen molar-refractivity contribution >= 4 is 28.9 Å². The van der Waals surface area contributed by atoms with Crippen LogP contribution in [0.15, 0.2) is 12.3 Å². The molecule has 0 saturated heterocycles. The van der Waals surface area contributed by atoms with Crippen molar-refractivity contribution in [3.8, 4) is 0 Å². The van der Waals surface area contributed by atoms with Gasteiger partial charge in [0.25, 0.3) is 0 Å². The molecule has 1 aromatic rings. The van der Waals surface area contributed by atoms with Gasteiger partial charge in [-0.2, -0.15) is 4.39 Å². The summed E-state index contributed by atoms with van der Waals surface area (Å²) >= 11 is 1.92. The van der Waals surface area contributed by atoms with Crippen molar-refractivity contribution < 1.29 is 9.18 Å². The molecule has 0 unspecified atom stereocenters. The lowest BCUT2D eigenvalue weighted by molar-refractivity contribution is 0.112. The molecule has 0 aromatic carbocycles. The average Bonchev–Trinajstić information content (AvgIpc) is 1.94. The summed E-state index contributed by atoms with van der Waals surface area (Å²) in [5.74, 6) is -0.623. The van der Waals surface area contributed by atoms with E-state index in [2.05, 4.69) is 4.98 Å². The molecular formula is C6H3FINO. The van der Waals surface area contributed by atoms with Crippen molar-refractivity contribution in [3.05, 3.63) is 27.3 Å². The van der Waals surface area contributed by atoms with Gasteiger partial charge in [-0.05, 0) is 22.6 Å². The number of hydrogen-bond acceptors (Lipinski definition) is 2. The number of rotatable bonds is 1. The highest BCUT2D eigenvalue weighted by molar-refractivity contribution is 14.1. The first-order valence-electron chi connectivity index (χ1n) is 2.50. The van der Waals surface area contributed by atoms with E-state index in [1.165, 1.54) is 6.20 Å². The van der Waals surface area contributed by atoms with E-state index < -0.39 is 5.95 Å². The number of aromatic nitrogens is 1. The lowest BCUT2D eigenvalue weighted by atomic mass is 10.3. The molecule has 0 fully saturated rings. The Morgan fingerprint density at radius 3 is 2.90 bits per heavy atom. The van der Waals surface area contributed by atoms with Crippen LogP contribution in [-0.4, -0.2) is 11.3 Å². The van der Waals surface area contributed by atoms with E-state index in [0.29, 0.717) is 15.4 Å². The zero-order valence-electron chi connectivity index (χ0n) is 4.84. The Hall–Kier alpha value is -0.520. The Balaban J connectivity index is 3.21. The number of hydrogen-bond donors (Lipinski definition) is 0. The minimum Gasteiger partial charge on any atom is -0.298 e. The van der Waals surface area contributed by atoms with Crippen molar-refractivity contribution in [2.75, 3.05) is 0 Å². The molecule has 0 aliphatic rings. The van der Waals surface area contributed by atoms with Gasteiger partial charge < -0.3 is 0 Å². The van der Waals surface area contributed by atoms with Gasteiger partial charge in [0.1, 0.15) is 0 Å². The molecule has 0 N–H and O–H groups in total. The Bertz CT molecular complexity index is 264. The van der Waals surface area contributed by atoms with Crippen molar-refractivity contribution in [1.82, 2.24) is 4.98 Å². The number of halogens is 2. The minimum atomic E-state index is -0.623.